The van der Waals surface area contributed by atoms with Crippen molar-refractivity contribution in [2.45, 2.75) is 13.8 Å². The zero-order chi connectivity index (χ0) is 11.3. The van der Waals surface area contributed by atoms with Crippen LogP contribution >= 0.6 is 0 Å². The molecule has 0 aliphatic heterocycles. The molecule has 0 aromatic carbocycles. The van der Waals surface area contributed by atoms with Gasteiger partial charge in [0.15, 0.2) is 0 Å². The molecule has 4 heteroatoms. The van der Waals surface area contributed by atoms with Crippen LogP contribution in [0.4, 0.5) is 5.82 Å². The molecular weight excluding hydrogens is 190 g/mol. The van der Waals surface area contributed by atoms with Gasteiger partial charge in [-0.25, -0.2) is 4.98 Å². The highest BCUT2D eigenvalue weighted by Crippen LogP contribution is 2.05. The van der Waals surface area contributed by atoms with E-state index in [1.807, 2.05) is 19.1 Å². The van der Waals surface area contributed by atoms with Crippen molar-refractivity contribution < 1.29 is 4.79 Å². The van der Waals surface area contributed by atoms with E-state index in [1.165, 1.54) is 0 Å². The van der Waals surface area contributed by atoms with E-state index in [9.17, 15) is 4.79 Å². The minimum Gasteiger partial charge on any atom is -0.308 e. The van der Waals surface area contributed by atoms with Crippen LogP contribution in [0.2, 0.25) is 0 Å². The number of hydrogen-bond acceptors (Lipinski definition) is 3. The lowest BCUT2D eigenvalue weighted by Crippen LogP contribution is -2.15. The number of aryl methyl sites for hydroxylation is 1. The van der Waals surface area contributed by atoms with Gasteiger partial charge in [0, 0.05) is 11.9 Å². The van der Waals surface area contributed by atoms with Crippen LogP contribution in [0, 0.1) is 12.3 Å². The summed E-state index contributed by atoms with van der Waals surface area (Å²) in [6.45, 7) is 3.56. The summed E-state index contributed by atoms with van der Waals surface area (Å²) in [6.07, 6.45) is 2.60. The number of aromatic nitrogens is 1. The average molecular weight is 203 g/mol. The molecule has 4 nitrogen and oxygen atoms in total. The molecule has 0 spiro atoms. The Morgan fingerprint density at radius 1 is 1.53 bits per heavy atom. The lowest BCUT2D eigenvalue weighted by Gasteiger charge is -2.04. The summed E-state index contributed by atoms with van der Waals surface area (Å²) in [5, 5.41) is 9.64. The first-order valence-corrected chi connectivity index (χ1v) is 4.59. The number of nitrogens with one attached hydrogen (secondary N) is 2. The van der Waals surface area contributed by atoms with Gasteiger partial charge in [-0.05, 0) is 26.0 Å². The molecule has 15 heavy (non-hydrogen) atoms. The Morgan fingerprint density at radius 3 is 2.80 bits per heavy atom. The van der Waals surface area contributed by atoms with Gasteiger partial charge in [0.25, 0.3) is 5.91 Å². The van der Waals surface area contributed by atoms with Crippen LogP contribution in [0.25, 0.3) is 0 Å². The van der Waals surface area contributed by atoms with E-state index in [0.717, 1.165) is 11.9 Å². The Kier molecular flexibility index (Phi) is 3.74. The predicted molar refractivity (Wildman–Crippen MR) is 60.1 cm³/mol. The molecule has 0 aliphatic rings. The first-order valence-electron chi connectivity index (χ1n) is 4.59. The fourth-order valence-electron chi connectivity index (χ4n) is 1.08. The maximum absolute atomic E-state index is 11.5. The largest absolute Gasteiger partial charge is 0.308 e. The van der Waals surface area contributed by atoms with E-state index in [0.29, 0.717) is 11.4 Å². The number of amides is 1. The highest BCUT2D eigenvalue weighted by atomic mass is 16.1. The lowest BCUT2D eigenvalue weighted by atomic mass is 10.2. The van der Waals surface area contributed by atoms with Crippen LogP contribution in [0.15, 0.2) is 29.8 Å². The van der Waals surface area contributed by atoms with Gasteiger partial charge >= 0.3 is 0 Å². The number of rotatable bonds is 3. The minimum atomic E-state index is -0.314. The van der Waals surface area contributed by atoms with Crippen molar-refractivity contribution in [2.24, 2.45) is 0 Å². The summed E-state index contributed by atoms with van der Waals surface area (Å²) in [5.41, 5.74) is 1.16. The molecule has 1 amide bonds. The quantitative estimate of drug-likeness (QED) is 0.582. The van der Waals surface area contributed by atoms with Crippen molar-refractivity contribution >= 4 is 17.9 Å². The van der Waals surface area contributed by atoms with Gasteiger partial charge in [-0.2, -0.15) is 0 Å². The predicted octanol–water partition coefficient (Wildman–Crippen LogP) is 1.92. The Labute approximate surface area is 88.5 Å². The molecular formula is C11H13N3O. The molecule has 0 saturated heterocycles. The van der Waals surface area contributed by atoms with Gasteiger partial charge < -0.3 is 10.7 Å². The maximum atomic E-state index is 11.5. The SMILES string of the molecule is C/C=C(\C=N)C(=O)Nc1cccc(C)n1. The molecule has 0 aliphatic carbocycles. The standard InChI is InChI=1S/C11H13N3O/c1-3-9(7-12)11(15)14-10-6-4-5-8(2)13-10/h3-7,12H,1-2H3,(H,13,14,15)/b9-3+,12-7?. The van der Waals surface area contributed by atoms with Crippen molar-refractivity contribution in [1.29, 1.82) is 5.41 Å². The Hall–Kier alpha value is -1.97. The molecule has 0 saturated carbocycles. The lowest BCUT2D eigenvalue weighted by molar-refractivity contribution is -0.112. The number of carbonyl (C=O) groups is 1. The van der Waals surface area contributed by atoms with E-state index in [2.05, 4.69) is 10.3 Å². The van der Waals surface area contributed by atoms with E-state index in [4.69, 9.17) is 5.41 Å². The number of pyridine rings is 1. The molecule has 1 aromatic rings. The van der Waals surface area contributed by atoms with Crippen LogP contribution < -0.4 is 5.32 Å². The zero-order valence-electron chi connectivity index (χ0n) is 8.74. The van der Waals surface area contributed by atoms with Crippen molar-refractivity contribution in [2.75, 3.05) is 5.32 Å². The normalized spacial score (nSPS) is 10.9. The molecule has 0 radical (unpaired) electrons. The average Bonchev–Trinajstić information content (AvgIpc) is 2.19. The molecule has 0 unspecified atom stereocenters. The Balaban J connectivity index is 2.79. The van der Waals surface area contributed by atoms with Crippen LogP contribution in [-0.4, -0.2) is 17.1 Å². The summed E-state index contributed by atoms with van der Waals surface area (Å²) in [4.78, 5) is 15.6. The van der Waals surface area contributed by atoms with E-state index in [-0.39, 0.29) is 5.91 Å². The van der Waals surface area contributed by atoms with Crippen LogP contribution in [0.3, 0.4) is 0 Å². The summed E-state index contributed by atoms with van der Waals surface area (Å²) >= 11 is 0. The second-order valence-electron chi connectivity index (χ2n) is 3.01. The number of carbonyl (C=O) groups excluding carboxylic acids is 1. The monoisotopic (exact) mass is 203 g/mol. The van der Waals surface area contributed by atoms with Gasteiger partial charge in [-0.3, -0.25) is 4.79 Å². The Bertz CT molecular complexity index is 410. The molecule has 1 aromatic heterocycles. The molecule has 0 atom stereocenters. The third-order valence-electron chi connectivity index (χ3n) is 1.86. The van der Waals surface area contributed by atoms with Gasteiger partial charge in [0.2, 0.25) is 0 Å². The minimum absolute atomic E-state index is 0.314. The summed E-state index contributed by atoms with van der Waals surface area (Å²) < 4.78 is 0. The fraction of sp³-hybridized carbons (Fsp3) is 0.182. The molecule has 2 N–H and O–H groups in total. The second kappa shape index (κ2) is 5.05. The van der Waals surface area contributed by atoms with Crippen LogP contribution in [-0.2, 0) is 4.79 Å². The number of hydrogen-bond donors (Lipinski definition) is 2. The summed E-state index contributed by atoms with van der Waals surface area (Å²) in [5.74, 6) is 0.187. The van der Waals surface area contributed by atoms with Gasteiger partial charge in [-0.1, -0.05) is 12.1 Å². The maximum Gasteiger partial charge on any atom is 0.258 e. The van der Waals surface area contributed by atoms with Gasteiger partial charge in [-0.15, -0.1) is 0 Å². The molecule has 1 heterocycles. The first kappa shape index (κ1) is 11.1. The first-order chi connectivity index (χ1) is 7.17. The van der Waals surface area contributed by atoms with Gasteiger partial charge in [0.05, 0.1) is 5.57 Å². The van der Waals surface area contributed by atoms with E-state index in [1.54, 1.807) is 19.1 Å². The highest BCUT2D eigenvalue weighted by Gasteiger charge is 2.06. The molecule has 78 valence electrons. The Morgan fingerprint density at radius 2 is 2.27 bits per heavy atom. The van der Waals surface area contributed by atoms with Crippen molar-refractivity contribution in [1.82, 2.24) is 4.98 Å². The topological polar surface area (TPSA) is 65.8 Å². The smallest absolute Gasteiger partial charge is 0.258 e. The number of nitrogens with zero attached hydrogens (tertiary/aromatic N) is 1. The van der Waals surface area contributed by atoms with E-state index < -0.39 is 0 Å². The van der Waals surface area contributed by atoms with Crippen LogP contribution in [0.1, 0.15) is 12.6 Å². The molecule has 0 fully saturated rings. The summed E-state index contributed by atoms with van der Waals surface area (Å²) in [7, 11) is 0. The number of anilines is 1. The third kappa shape index (κ3) is 3.02. The molecule has 1 rings (SSSR count). The van der Waals surface area contributed by atoms with Gasteiger partial charge in [0.1, 0.15) is 5.82 Å². The molecule has 0 bridgehead atoms. The zero-order valence-corrected chi connectivity index (χ0v) is 8.74. The highest BCUT2D eigenvalue weighted by molar-refractivity contribution is 6.16. The summed E-state index contributed by atoms with van der Waals surface area (Å²) in [6, 6.07) is 5.38. The van der Waals surface area contributed by atoms with Crippen molar-refractivity contribution in [3.8, 4) is 0 Å². The van der Waals surface area contributed by atoms with E-state index >= 15 is 0 Å². The second-order valence-corrected chi connectivity index (χ2v) is 3.01. The fourth-order valence-corrected chi connectivity index (χ4v) is 1.08. The van der Waals surface area contributed by atoms with Crippen molar-refractivity contribution in [3.05, 3.63) is 35.5 Å². The number of allylic oxidation sites excluding steroid dienone is 1. The third-order valence-corrected chi connectivity index (χ3v) is 1.86. The van der Waals surface area contributed by atoms with Crippen molar-refractivity contribution in [3.63, 3.8) is 0 Å². The van der Waals surface area contributed by atoms with Crippen LogP contribution in [0.5, 0.6) is 0 Å².